The summed E-state index contributed by atoms with van der Waals surface area (Å²) >= 11 is 11.3. The van der Waals surface area contributed by atoms with E-state index in [2.05, 4.69) is 4.98 Å². The Morgan fingerprint density at radius 1 is 1.29 bits per heavy atom. The zero-order chi connectivity index (χ0) is 20.0. The van der Waals surface area contributed by atoms with Crippen LogP contribution in [0.3, 0.4) is 0 Å². The van der Waals surface area contributed by atoms with Crippen molar-refractivity contribution in [1.82, 2.24) is 4.98 Å². The van der Waals surface area contributed by atoms with Crippen molar-refractivity contribution in [1.29, 1.82) is 0 Å². The molecule has 1 aromatic heterocycles. The van der Waals surface area contributed by atoms with Crippen molar-refractivity contribution in [3.63, 3.8) is 0 Å². The standard InChI is InChI=1S/C21H18ClN3O2S/c1-11-10-25(17-8-13(22)3-2-12(17)6-7-28)20(23)19-18(11)15-5-4-14(26)9-16(15)24-21(19)27/h2-5,7-9,26H,6,10,23H2,1H3,(H,24,27). The number of H-pyrrole nitrogens is 1. The summed E-state index contributed by atoms with van der Waals surface area (Å²) in [6.45, 7) is 2.50. The van der Waals surface area contributed by atoms with E-state index in [0.717, 1.165) is 27.4 Å². The maximum atomic E-state index is 12.9. The molecule has 142 valence electrons. The molecule has 0 aliphatic carbocycles. The Hall–Kier alpha value is -2.83. The highest BCUT2D eigenvalue weighted by Crippen LogP contribution is 2.28. The van der Waals surface area contributed by atoms with Crippen LogP contribution in [0.5, 0.6) is 5.75 Å². The summed E-state index contributed by atoms with van der Waals surface area (Å²) in [5.41, 5.74) is 9.60. The number of hydrogen-bond acceptors (Lipinski definition) is 5. The topological polar surface area (TPSA) is 82.3 Å². The lowest BCUT2D eigenvalue weighted by molar-refractivity contribution is 0.476. The molecule has 28 heavy (non-hydrogen) atoms. The Kier molecular flexibility index (Phi) is 4.61. The van der Waals surface area contributed by atoms with Crippen LogP contribution in [-0.4, -0.2) is 22.0 Å². The van der Waals surface area contributed by atoms with Crippen LogP contribution in [0, 0.1) is 0 Å². The molecule has 2 aromatic carbocycles. The normalized spacial score (nSPS) is 13.7. The first-order chi connectivity index (χ1) is 13.4. The smallest absolute Gasteiger partial charge is 0.259 e. The van der Waals surface area contributed by atoms with Crippen molar-refractivity contribution < 1.29 is 5.11 Å². The molecule has 0 saturated carbocycles. The van der Waals surface area contributed by atoms with Gasteiger partial charge in [0, 0.05) is 40.3 Å². The summed E-state index contributed by atoms with van der Waals surface area (Å²) in [6, 6.07) is 10.5. The Morgan fingerprint density at radius 2 is 2.07 bits per heavy atom. The molecule has 4 N–H and O–H groups in total. The van der Waals surface area contributed by atoms with Gasteiger partial charge in [-0.25, -0.2) is 0 Å². The molecule has 1 aliphatic rings. The summed E-state index contributed by atoms with van der Waals surface area (Å²) in [7, 11) is 0. The van der Waals surface area contributed by atoms with E-state index >= 15 is 0 Å². The first kappa shape index (κ1) is 18.5. The minimum absolute atomic E-state index is 0.0962. The average Bonchev–Trinajstić information content (AvgIpc) is 2.65. The maximum absolute atomic E-state index is 12.9. The summed E-state index contributed by atoms with van der Waals surface area (Å²) in [6.07, 6.45) is 0.588. The second-order valence-electron chi connectivity index (χ2n) is 6.83. The third-order valence-electron chi connectivity index (χ3n) is 5.01. The maximum Gasteiger partial charge on any atom is 0.259 e. The molecule has 2 heterocycles. The summed E-state index contributed by atoms with van der Waals surface area (Å²) in [5.74, 6) is 0.462. The highest BCUT2D eigenvalue weighted by molar-refractivity contribution is 7.79. The Balaban J connectivity index is 2.07. The van der Waals surface area contributed by atoms with Gasteiger partial charge in [-0.15, -0.1) is 0 Å². The van der Waals surface area contributed by atoms with E-state index in [0.29, 0.717) is 34.5 Å². The van der Waals surface area contributed by atoms with Gasteiger partial charge < -0.3 is 20.7 Å². The van der Waals surface area contributed by atoms with Crippen LogP contribution in [0.15, 0.2) is 41.2 Å². The molecule has 5 nitrogen and oxygen atoms in total. The third-order valence-corrected chi connectivity index (χ3v) is 5.41. The van der Waals surface area contributed by atoms with Crippen LogP contribution < -0.4 is 26.6 Å². The largest absolute Gasteiger partial charge is 0.508 e. The number of phenols is 1. The molecule has 4 rings (SSSR count). The van der Waals surface area contributed by atoms with E-state index in [9.17, 15) is 9.90 Å². The van der Waals surface area contributed by atoms with Crippen LogP contribution in [0.4, 0.5) is 5.69 Å². The predicted molar refractivity (Wildman–Crippen MR) is 118 cm³/mol. The lowest BCUT2D eigenvalue weighted by atomic mass is 10.0. The van der Waals surface area contributed by atoms with Gasteiger partial charge in [0.25, 0.3) is 5.56 Å². The van der Waals surface area contributed by atoms with Crippen molar-refractivity contribution in [2.75, 3.05) is 11.4 Å². The van der Waals surface area contributed by atoms with Crippen LogP contribution in [0.1, 0.15) is 12.5 Å². The van der Waals surface area contributed by atoms with Gasteiger partial charge in [0.2, 0.25) is 0 Å². The number of nitrogens with two attached hydrogens (primary N) is 1. The zero-order valence-corrected chi connectivity index (χ0v) is 16.7. The first-order valence-electron chi connectivity index (χ1n) is 8.75. The number of pyridine rings is 1. The Morgan fingerprint density at radius 3 is 2.82 bits per heavy atom. The number of aromatic hydroxyl groups is 1. The van der Waals surface area contributed by atoms with E-state index in [1.54, 1.807) is 23.6 Å². The van der Waals surface area contributed by atoms with Crippen LogP contribution >= 0.6 is 23.8 Å². The van der Waals surface area contributed by atoms with Crippen molar-refractivity contribution in [3.8, 4) is 5.75 Å². The molecule has 0 spiro atoms. The molecular formula is C21H18ClN3O2S. The number of hydrogen-bond donors (Lipinski definition) is 3. The summed E-state index contributed by atoms with van der Waals surface area (Å²) < 4.78 is 0. The first-order valence-corrected chi connectivity index (χ1v) is 9.60. The minimum atomic E-state index is -0.298. The van der Waals surface area contributed by atoms with Crippen LogP contribution in [0.25, 0.3) is 22.3 Å². The van der Waals surface area contributed by atoms with Gasteiger partial charge >= 0.3 is 0 Å². The van der Waals surface area contributed by atoms with Crippen LogP contribution in [-0.2, 0) is 6.42 Å². The number of nitrogens with zero attached hydrogens (tertiary/aromatic N) is 1. The van der Waals surface area contributed by atoms with Gasteiger partial charge in [-0.05, 0) is 47.7 Å². The number of rotatable bonds is 3. The van der Waals surface area contributed by atoms with E-state index in [1.165, 1.54) is 0 Å². The minimum Gasteiger partial charge on any atom is -0.508 e. The second kappa shape index (κ2) is 6.96. The number of anilines is 1. The monoisotopic (exact) mass is 411 g/mol. The highest BCUT2D eigenvalue weighted by atomic mass is 35.5. The third kappa shape index (κ3) is 2.95. The molecule has 0 fully saturated rings. The van der Waals surface area contributed by atoms with Gasteiger partial charge in [-0.1, -0.05) is 29.9 Å². The fourth-order valence-corrected chi connectivity index (χ4v) is 4.12. The molecule has 0 atom stereocenters. The molecule has 0 saturated heterocycles. The van der Waals surface area contributed by atoms with Crippen LogP contribution in [0.2, 0.25) is 5.02 Å². The van der Waals surface area contributed by atoms with Crippen molar-refractivity contribution in [3.05, 3.63) is 67.8 Å². The molecule has 0 radical (unpaired) electrons. The van der Waals surface area contributed by atoms with Gasteiger partial charge in [0.15, 0.2) is 0 Å². The summed E-state index contributed by atoms with van der Waals surface area (Å²) in [5, 5.41) is 14.1. The lowest BCUT2D eigenvalue weighted by Crippen LogP contribution is -2.53. The number of aromatic nitrogens is 1. The number of nitrogens with one attached hydrogen (secondary N) is 1. The molecule has 0 amide bonds. The quantitative estimate of drug-likeness (QED) is 0.575. The van der Waals surface area contributed by atoms with E-state index in [4.69, 9.17) is 29.6 Å². The SMILES string of the molecule is CC1=c2c(c(=O)[nH]c3cc(O)ccc23)=C(N)N(c2cc(Cl)ccc2CC=S)C1. The molecule has 3 aromatic rings. The molecule has 1 aliphatic heterocycles. The Bertz CT molecular complexity index is 1310. The van der Waals surface area contributed by atoms with Gasteiger partial charge in [-0.2, -0.15) is 0 Å². The van der Waals surface area contributed by atoms with Crippen molar-refractivity contribution in [2.45, 2.75) is 13.3 Å². The lowest BCUT2D eigenvalue weighted by Gasteiger charge is -2.30. The highest BCUT2D eigenvalue weighted by Gasteiger charge is 2.22. The molecule has 7 heteroatoms. The number of benzene rings is 2. The second-order valence-corrected chi connectivity index (χ2v) is 7.60. The number of phenolic OH excluding ortho intramolecular Hbond substituents is 1. The van der Waals surface area contributed by atoms with Crippen molar-refractivity contribution in [2.24, 2.45) is 5.73 Å². The van der Waals surface area contributed by atoms with E-state index < -0.39 is 0 Å². The fraction of sp³-hybridized carbons (Fsp3) is 0.143. The molecule has 0 bridgehead atoms. The number of fused-ring (bicyclic) bond motifs is 3. The van der Waals surface area contributed by atoms with E-state index in [-0.39, 0.29) is 11.3 Å². The molecule has 0 unspecified atom stereocenters. The fourth-order valence-electron chi connectivity index (χ4n) is 3.78. The number of thiocarbonyl (C=S) groups is 1. The molecular weight excluding hydrogens is 394 g/mol. The summed E-state index contributed by atoms with van der Waals surface area (Å²) in [4.78, 5) is 17.6. The number of halogens is 1. The number of aromatic amines is 1. The average molecular weight is 412 g/mol. The van der Waals surface area contributed by atoms with Crippen molar-refractivity contribution >= 4 is 57.2 Å². The predicted octanol–water partition coefficient (Wildman–Crippen LogP) is 2.14. The Labute approximate surface area is 171 Å². The van der Waals surface area contributed by atoms with Gasteiger partial charge in [0.1, 0.15) is 11.6 Å². The zero-order valence-electron chi connectivity index (χ0n) is 15.1. The van der Waals surface area contributed by atoms with Gasteiger partial charge in [0.05, 0.1) is 10.7 Å². The van der Waals surface area contributed by atoms with E-state index in [1.807, 2.05) is 30.0 Å². The van der Waals surface area contributed by atoms with Gasteiger partial charge in [-0.3, -0.25) is 4.79 Å².